The first-order valence-corrected chi connectivity index (χ1v) is 15.9. The third kappa shape index (κ3) is 7.25. The molecule has 2 aromatic heterocycles. The molecule has 0 unspecified atom stereocenters. The van der Waals surface area contributed by atoms with Gasteiger partial charge in [-0.1, -0.05) is 65.6 Å². The molecule has 4 aromatic rings. The van der Waals surface area contributed by atoms with Gasteiger partial charge in [-0.15, -0.1) is 11.3 Å². The molecule has 0 atom stereocenters. The molecule has 0 N–H and O–H groups in total. The molecule has 2 aromatic carbocycles. The summed E-state index contributed by atoms with van der Waals surface area (Å²) in [5, 5.41) is -4.98. The molecule has 17 heteroatoms. The molecule has 2 heterocycles. The van der Waals surface area contributed by atoms with Crippen molar-refractivity contribution in [3.63, 3.8) is 0 Å². The highest BCUT2D eigenvalue weighted by Crippen LogP contribution is 2.54. The van der Waals surface area contributed by atoms with E-state index in [2.05, 4.69) is 90.3 Å². The standard InChI is InChI=1S/C20H15S4.C4HF9O3S/c1-3-8-16(9-4-1)24(17-10-5-2-6-11-17)20-14-13-19(23-20)22-18-12-7-15-21-18;5-1(6,3(9,10)11)2(7,8)4(12,13)17(14,15)16/h1-15H;(H,14,15,16)/q+1;/p-1. The minimum Gasteiger partial charge on any atom is -0.743 e. The number of alkyl halides is 9. The zero-order chi connectivity index (χ0) is 30.7. The van der Waals surface area contributed by atoms with Crippen molar-refractivity contribution in [1.29, 1.82) is 0 Å². The molecule has 0 fully saturated rings. The van der Waals surface area contributed by atoms with E-state index in [0.29, 0.717) is 0 Å². The van der Waals surface area contributed by atoms with Crippen molar-refractivity contribution in [3.05, 3.63) is 90.3 Å². The minimum absolute atomic E-state index is 0.0336. The predicted molar refractivity (Wildman–Crippen MR) is 138 cm³/mol. The summed E-state index contributed by atoms with van der Waals surface area (Å²) in [6, 6.07) is 30.5. The molecular weight excluding hydrogens is 668 g/mol. The van der Waals surface area contributed by atoms with Crippen LogP contribution in [0.15, 0.2) is 113 Å². The van der Waals surface area contributed by atoms with Crippen LogP contribution < -0.4 is 0 Å². The SMILES string of the molecule is O=S(=O)([O-])C(F)(F)C(F)(F)C(F)(F)C(F)(F)F.c1ccc([S+](c2ccccc2)c2ccc(Sc3cccs3)s2)cc1. The maximum Gasteiger partial charge on any atom is 0.460 e. The first-order valence-electron chi connectivity index (χ1n) is 10.7. The summed E-state index contributed by atoms with van der Waals surface area (Å²) in [5.74, 6) is -14.8. The number of hydrogen-bond donors (Lipinski definition) is 0. The maximum absolute atomic E-state index is 12.2. The molecule has 0 amide bonds. The molecule has 0 radical (unpaired) electrons. The molecule has 222 valence electrons. The van der Waals surface area contributed by atoms with Crippen LogP contribution in [-0.4, -0.2) is 36.2 Å². The Hall–Kier alpha value is -2.18. The Balaban J connectivity index is 0.000000242. The Morgan fingerprint density at radius 2 is 1.17 bits per heavy atom. The van der Waals surface area contributed by atoms with E-state index in [1.807, 2.05) is 23.1 Å². The molecule has 0 saturated carbocycles. The molecule has 0 aliphatic carbocycles. The first kappa shape index (κ1) is 33.3. The topological polar surface area (TPSA) is 57.2 Å². The fourth-order valence-electron chi connectivity index (χ4n) is 2.89. The molecule has 0 aliphatic rings. The molecular formula is C24H15F9O3S5. The molecule has 3 nitrogen and oxygen atoms in total. The van der Waals surface area contributed by atoms with Crippen molar-refractivity contribution >= 4 is 55.4 Å². The summed E-state index contributed by atoms with van der Waals surface area (Å²) in [7, 11) is -7.45. The van der Waals surface area contributed by atoms with Crippen LogP contribution >= 0.6 is 34.4 Å². The van der Waals surface area contributed by atoms with Crippen LogP contribution in [0, 0.1) is 0 Å². The fourth-order valence-corrected chi connectivity index (χ4v) is 9.36. The van der Waals surface area contributed by atoms with E-state index in [9.17, 15) is 52.5 Å². The largest absolute Gasteiger partial charge is 0.743 e. The van der Waals surface area contributed by atoms with Gasteiger partial charge in [-0.05, 0) is 41.8 Å². The average Bonchev–Trinajstić information content (AvgIpc) is 3.57. The van der Waals surface area contributed by atoms with Gasteiger partial charge >= 0.3 is 23.3 Å². The van der Waals surface area contributed by atoms with Gasteiger partial charge in [0.15, 0.2) is 19.9 Å². The predicted octanol–water partition coefficient (Wildman–Crippen LogP) is 9.01. The van der Waals surface area contributed by atoms with Gasteiger partial charge < -0.3 is 4.55 Å². The highest BCUT2D eigenvalue weighted by atomic mass is 32.2. The summed E-state index contributed by atoms with van der Waals surface area (Å²) in [6.07, 6.45) is -7.16. The summed E-state index contributed by atoms with van der Waals surface area (Å²) < 4.78 is 140. The van der Waals surface area contributed by atoms with Crippen molar-refractivity contribution < 1.29 is 52.5 Å². The van der Waals surface area contributed by atoms with Gasteiger partial charge in [-0.25, -0.2) is 8.42 Å². The van der Waals surface area contributed by atoms with Gasteiger partial charge in [0.25, 0.3) is 0 Å². The highest BCUT2D eigenvalue weighted by Gasteiger charge is 2.83. The first-order chi connectivity index (χ1) is 18.9. The quantitative estimate of drug-likeness (QED) is 0.106. The Morgan fingerprint density at radius 3 is 1.59 bits per heavy atom. The normalized spacial score (nSPS) is 13.1. The smallest absolute Gasteiger partial charge is 0.460 e. The maximum atomic E-state index is 12.2. The fraction of sp³-hybridized carbons (Fsp3) is 0.167. The molecule has 4 rings (SSSR count). The highest BCUT2D eigenvalue weighted by molar-refractivity contribution is 8.03. The van der Waals surface area contributed by atoms with E-state index in [0.717, 1.165) is 0 Å². The van der Waals surface area contributed by atoms with E-state index < -0.39 is 33.4 Å². The Morgan fingerprint density at radius 1 is 0.659 bits per heavy atom. The number of thiophene rings is 2. The van der Waals surface area contributed by atoms with Gasteiger partial charge in [0.05, 0.1) is 8.42 Å². The Bertz CT molecular complexity index is 1470. The van der Waals surface area contributed by atoms with E-state index in [-0.39, 0.29) is 10.9 Å². The number of benzene rings is 2. The van der Waals surface area contributed by atoms with Gasteiger partial charge in [-0.3, -0.25) is 0 Å². The molecule has 0 aliphatic heterocycles. The monoisotopic (exact) mass is 682 g/mol. The van der Waals surface area contributed by atoms with Gasteiger partial charge in [-0.2, -0.15) is 39.5 Å². The zero-order valence-electron chi connectivity index (χ0n) is 19.8. The third-order valence-electron chi connectivity index (χ3n) is 4.84. The van der Waals surface area contributed by atoms with Crippen molar-refractivity contribution in [2.45, 2.75) is 45.7 Å². The molecule has 0 spiro atoms. The van der Waals surface area contributed by atoms with Gasteiger partial charge in [0.1, 0.15) is 10.9 Å². The van der Waals surface area contributed by atoms with Crippen molar-refractivity contribution in [2.75, 3.05) is 0 Å². The lowest BCUT2D eigenvalue weighted by Crippen LogP contribution is -2.63. The van der Waals surface area contributed by atoms with Crippen LogP contribution in [0.25, 0.3) is 0 Å². The lowest BCUT2D eigenvalue weighted by Gasteiger charge is -2.34. The second-order valence-electron chi connectivity index (χ2n) is 7.66. The van der Waals surface area contributed by atoms with Crippen molar-refractivity contribution in [2.24, 2.45) is 0 Å². The summed E-state index contributed by atoms with van der Waals surface area (Å²) in [5.41, 5.74) is 0. The van der Waals surface area contributed by atoms with Crippen molar-refractivity contribution in [1.82, 2.24) is 0 Å². The van der Waals surface area contributed by atoms with Crippen LogP contribution in [-0.2, 0) is 21.0 Å². The van der Waals surface area contributed by atoms with Crippen molar-refractivity contribution in [3.8, 4) is 0 Å². The Kier molecular flexibility index (Phi) is 10.2. The van der Waals surface area contributed by atoms with Crippen LogP contribution in [0.4, 0.5) is 39.5 Å². The van der Waals surface area contributed by atoms with E-state index in [1.165, 1.54) is 22.4 Å². The number of halogens is 9. The lowest BCUT2D eigenvalue weighted by atomic mass is 10.1. The second kappa shape index (κ2) is 12.6. The summed E-state index contributed by atoms with van der Waals surface area (Å²) in [6.45, 7) is 0. The average molecular weight is 683 g/mol. The van der Waals surface area contributed by atoms with E-state index in [4.69, 9.17) is 0 Å². The van der Waals surface area contributed by atoms with Gasteiger partial charge in [0, 0.05) is 6.07 Å². The Labute approximate surface area is 243 Å². The van der Waals surface area contributed by atoms with Crippen LogP contribution in [0.1, 0.15) is 0 Å². The second-order valence-corrected chi connectivity index (χ2v) is 15.0. The van der Waals surface area contributed by atoms with Gasteiger partial charge in [0.2, 0.25) is 4.21 Å². The van der Waals surface area contributed by atoms with E-state index in [1.54, 1.807) is 11.3 Å². The summed E-state index contributed by atoms with van der Waals surface area (Å²) >= 11 is 5.58. The number of hydrogen-bond acceptors (Lipinski definition) is 6. The molecule has 41 heavy (non-hydrogen) atoms. The van der Waals surface area contributed by atoms with Crippen LogP contribution in [0.3, 0.4) is 0 Å². The zero-order valence-corrected chi connectivity index (χ0v) is 23.9. The molecule has 0 bridgehead atoms. The number of rotatable bonds is 8. The molecule has 0 saturated heterocycles. The third-order valence-corrected chi connectivity index (χ3v) is 11.6. The van der Waals surface area contributed by atoms with E-state index >= 15 is 0 Å². The lowest BCUT2D eigenvalue weighted by molar-refractivity contribution is -0.382. The minimum atomic E-state index is -7.43. The van der Waals surface area contributed by atoms with Crippen LogP contribution in [0.2, 0.25) is 0 Å². The van der Waals surface area contributed by atoms with Crippen LogP contribution in [0.5, 0.6) is 0 Å². The summed E-state index contributed by atoms with van der Waals surface area (Å²) in [4.78, 5) is 2.75.